The van der Waals surface area contributed by atoms with E-state index in [4.69, 9.17) is 4.74 Å². The number of carbonyl (C=O) groups excluding carboxylic acids is 2. The fourth-order valence-corrected chi connectivity index (χ4v) is 2.04. The summed E-state index contributed by atoms with van der Waals surface area (Å²) in [6.45, 7) is 9.46. The van der Waals surface area contributed by atoms with Crippen molar-refractivity contribution < 1.29 is 14.3 Å². The largest absolute Gasteiger partial charge is 0.444 e. The molecule has 1 amide bonds. The summed E-state index contributed by atoms with van der Waals surface area (Å²) in [5.41, 5.74) is 1.35. The second-order valence-electron chi connectivity index (χ2n) is 6.43. The number of nitrogens with one attached hydrogen (secondary N) is 1. The van der Waals surface area contributed by atoms with Crippen LogP contribution in [0.2, 0.25) is 0 Å². The lowest BCUT2D eigenvalue weighted by atomic mass is 10.0. The van der Waals surface area contributed by atoms with Gasteiger partial charge in [-0.3, -0.25) is 4.79 Å². The Morgan fingerprint density at radius 2 is 1.73 bits per heavy atom. The fourth-order valence-electron chi connectivity index (χ4n) is 2.04. The van der Waals surface area contributed by atoms with Crippen molar-refractivity contribution in [1.82, 2.24) is 5.32 Å². The van der Waals surface area contributed by atoms with Crippen LogP contribution in [0.4, 0.5) is 4.79 Å². The summed E-state index contributed by atoms with van der Waals surface area (Å²) in [5, 5.41) is 2.76. The highest BCUT2D eigenvalue weighted by atomic mass is 16.6. The molecule has 1 rings (SSSR count). The first-order valence-electron chi connectivity index (χ1n) is 7.86. The van der Waals surface area contributed by atoms with Crippen molar-refractivity contribution >= 4 is 11.9 Å². The maximum absolute atomic E-state index is 12.3. The highest BCUT2D eigenvalue weighted by Gasteiger charge is 2.20. The minimum Gasteiger partial charge on any atom is -0.444 e. The van der Waals surface area contributed by atoms with Crippen molar-refractivity contribution in [2.45, 2.75) is 65.5 Å². The zero-order valence-electron chi connectivity index (χ0n) is 14.2. The molecule has 1 N–H and O–H groups in total. The molecule has 4 heteroatoms. The standard InChI is InChI=1S/C18H27NO3/c1-6-13-8-10-14(11-9-13)16(20)12-15(7-2)19-17(21)22-18(3,4)5/h8-11,15H,6-7,12H2,1-5H3,(H,19,21). The molecular weight excluding hydrogens is 278 g/mol. The molecule has 4 nitrogen and oxygen atoms in total. The van der Waals surface area contributed by atoms with Crippen LogP contribution in [0.3, 0.4) is 0 Å². The minimum absolute atomic E-state index is 0.0329. The molecule has 1 aromatic rings. The average molecular weight is 305 g/mol. The van der Waals surface area contributed by atoms with Crippen molar-refractivity contribution in [2.75, 3.05) is 0 Å². The van der Waals surface area contributed by atoms with Crippen molar-refractivity contribution in [3.8, 4) is 0 Å². The van der Waals surface area contributed by atoms with Crippen LogP contribution in [0.1, 0.15) is 63.4 Å². The Kier molecular flexibility index (Phi) is 6.60. The maximum atomic E-state index is 12.3. The Bertz CT molecular complexity index is 500. The van der Waals surface area contributed by atoms with Gasteiger partial charge in [0.25, 0.3) is 0 Å². The van der Waals surface area contributed by atoms with Crippen LogP contribution in [0.15, 0.2) is 24.3 Å². The van der Waals surface area contributed by atoms with E-state index in [1.165, 1.54) is 5.56 Å². The molecule has 0 aliphatic carbocycles. The van der Waals surface area contributed by atoms with Crippen LogP contribution in [0.5, 0.6) is 0 Å². The van der Waals surface area contributed by atoms with Gasteiger partial charge in [0, 0.05) is 18.0 Å². The van der Waals surface area contributed by atoms with Gasteiger partial charge in [-0.25, -0.2) is 4.79 Å². The van der Waals surface area contributed by atoms with Gasteiger partial charge in [0.15, 0.2) is 5.78 Å². The van der Waals surface area contributed by atoms with Crippen LogP contribution in [-0.4, -0.2) is 23.5 Å². The van der Waals surface area contributed by atoms with Gasteiger partial charge in [-0.2, -0.15) is 0 Å². The highest BCUT2D eigenvalue weighted by molar-refractivity contribution is 5.96. The van der Waals surface area contributed by atoms with E-state index in [0.29, 0.717) is 12.0 Å². The van der Waals surface area contributed by atoms with E-state index >= 15 is 0 Å². The Balaban J connectivity index is 2.61. The number of aryl methyl sites for hydroxylation is 1. The molecule has 0 spiro atoms. The van der Waals surface area contributed by atoms with Gasteiger partial charge in [-0.05, 0) is 39.2 Å². The summed E-state index contributed by atoms with van der Waals surface area (Å²) in [7, 11) is 0. The quantitative estimate of drug-likeness (QED) is 0.804. The zero-order chi connectivity index (χ0) is 16.8. The average Bonchev–Trinajstić information content (AvgIpc) is 2.44. The topological polar surface area (TPSA) is 55.4 Å². The first kappa shape index (κ1) is 18.2. The van der Waals surface area contributed by atoms with Gasteiger partial charge < -0.3 is 10.1 Å². The Morgan fingerprint density at radius 3 is 2.18 bits per heavy atom. The first-order valence-corrected chi connectivity index (χ1v) is 7.86. The predicted octanol–water partition coefficient (Wildman–Crippen LogP) is 4.13. The fraction of sp³-hybridized carbons (Fsp3) is 0.556. The van der Waals surface area contributed by atoms with Gasteiger partial charge in [0.2, 0.25) is 0 Å². The number of ketones is 1. The molecule has 0 fully saturated rings. The molecule has 1 atom stereocenters. The van der Waals surface area contributed by atoms with Crippen LogP contribution in [0, 0.1) is 0 Å². The van der Waals surface area contributed by atoms with E-state index in [2.05, 4.69) is 12.2 Å². The number of amides is 1. The van der Waals surface area contributed by atoms with Crippen molar-refractivity contribution in [3.05, 3.63) is 35.4 Å². The zero-order valence-corrected chi connectivity index (χ0v) is 14.2. The monoisotopic (exact) mass is 305 g/mol. The lowest BCUT2D eigenvalue weighted by Crippen LogP contribution is -2.39. The van der Waals surface area contributed by atoms with Gasteiger partial charge >= 0.3 is 6.09 Å². The van der Waals surface area contributed by atoms with Crippen LogP contribution < -0.4 is 5.32 Å². The van der Waals surface area contributed by atoms with Crippen LogP contribution >= 0.6 is 0 Å². The second kappa shape index (κ2) is 7.97. The molecule has 0 radical (unpaired) electrons. The smallest absolute Gasteiger partial charge is 0.407 e. The molecular formula is C18H27NO3. The summed E-state index contributed by atoms with van der Waals surface area (Å²) in [6, 6.07) is 7.42. The third-order valence-electron chi connectivity index (χ3n) is 3.33. The van der Waals surface area contributed by atoms with E-state index in [0.717, 1.165) is 6.42 Å². The van der Waals surface area contributed by atoms with Crippen molar-refractivity contribution in [1.29, 1.82) is 0 Å². The highest BCUT2D eigenvalue weighted by Crippen LogP contribution is 2.12. The third kappa shape index (κ3) is 6.29. The number of ether oxygens (including phenoxy) is 1. The summed E-state index contributed by atoms with van der Waals surface area (Å²) < 4.78 is 5.23. The molecule has 0 heterocycles. The van der Waals surface area contributed by atoms with Crippen LogP contribution in [-0.2, 0) is 11.2 Å². The lowest BCUT2D eigenvalue weighted by molar-refractivity contribution is 0.0500. The molecule has 0 aliphatic heterocycles. The van der Waals surface area contributed by atoms with Gasteiger partial charge in [0.05, 0.1) is 0 Å². The van der Waals surface area contributed by atoms with E-state index in [-0.39, 0.29) is 18.2 Å². The molecule has 1 aromatic carbocycles. The molecule has 0 aliphatic rings. The summed E-state index contributed by atoms with van der Waals surface area (Å²) in [4.78, 5) is 24.1. The third-order valence-corrected chi connectivity index (χ3v) is 3.33. The number of alkyl carbamates (subject to hydrolysis) is 1. The van der Waals surface area contributed by atoms with E-state index < -0.39 is 11.7 Å². The molecule has 0 aromatic heterocycles. The molecule has 22 heavy (non-hydrogen) atoms. The summed E-state index contributed by atoms with van der Waals surface area (Å²) in [5.74, 6) is 0.0329. The number of benzene rings is 1. The van der Waals surface area contributed by atoms with Crippen LogP contribution in [0.25, 0.3) is 0 Å². The number of Topliss-reactive ketones (excluding diaryl/α,β-unsaturated/α-hetero) is 1. The molecule has 0 saturated carbocycles. The lowest BCUT2D eigenvalue weighted by Gasteiger charge is -2.22. The molecule has 122 valence electrons. The Labute approximate surface area is 133 Å². The second-order valence-corrected chi connectivity index (χ2v) is 6.43. The van der Waals surface area contributed by atoms with E-state index in [9.17, 15) is 9.59 Å². The summed E-state index contributed by atoms with van der Waals surface area (Å²) in [6.07, 6.45) is 1.43. The van der Waals surface area contributed by atoms with Crippen molar-refractivity contribution in [2.24, 2.45) is 0 Å². The number of rotatable bonds is 6. The van der Waals surface area contributed by atoms with E-state index in [1.807, 2.05) is 52.0 Å². The SMILES string of the molecule is CCc1ccc(C(=O)CC(CC)NC(=O)OC(C)(C)C)cc1. The molecule has 1 unspecified atom stereocenters. The number of hydrogen-bond acceptors (Lipinski definition) is 3. The Hall–Kier alpha value is -1.84. The number of carbonyl (C=O) groups is 2. The van der Waals surface area contributed by atoms with Crippen molar-refractivity contribution in [3.63, 3.8) is 0 Å². The maximum Gasteiger partial charge on any atom is 0.407 e. The minimum atomic E-state index is -0.539. The number of hydrogen-bond donors (Lipinski definition) is 1. The molecule has 0 bridgehead atoms. The molecule has 0 saturated heterocycles. The Morgan fingerprint density at radius 1 is 1.14 bits per heavy atom. The summed E-state index contributed by atoms with van der Waals surface area (Å²) >= 11 is 0. The van der Waals surface area contributed by atoms with Gasteiger partial charge in [-0.15, -0.1) is 0 Å². The van der Waals surface area contributed by atoms with Gasteiger partial charge in [0.1, 0.15) is 5.60 Å². The first-order chi connectivity index (χ1) is 10.2. The van der Waals surface area contributed by atoms with E-state index in [1.54, 1.807) is 0 Å². The predicted molar refractivity (Wildman–Crippen MR) is 88.2 cm³/mol. The van der Waals surface area contributed by atoms with Gasteiger partial charge in [-0.1, -0.05) is 38.1 Å². The normalized spacial score (nSPS) is 12.6.